The molecular weight excluding hydrogens is 434 g/mol. The summed E-state index contributed by atoms with van der Waals surface area (Å²) in [6, 6.07) is 25.1. The Bertz CT molecular complexity index is 1490. The summed E-state index contributed by atoms with van der Waals surface area (Å²) in [5.41, 5.74) is 4.38. The van der Waals surface area contributed by atoms with Gasteiger partial charge in [0, 0.05) is 5.69 Å². The number of aliphatic hydroxyl groups excluding tert-OH is 1. The minimum absolute atomic E-state index is 0.0603. The average molecular weight is 454 g/mol. The number of aliphatic hydroxyl groups is 1. The zero-order valence-electron chi connectivity index (χ0n) is 17.7. The number of nitriles is 1. The number of ether oxygens (including phenoxy) is 1. The van der Waals surface area contributed by atoms with Crippen molar-refractivity contribution in [3.8, 4) is 17.5 Å². The smallest absolute Gasteiger partial charge is 0.174 e. The number of allylic oxidation sites excluding steroid dienone is 1. The molecule has 0 bridgehead atoms. The zero-order chi connectivity index (χ0) is 22.8. The van der Waals surface area contributed by atoms with Crippen molar-refractivity contribution >= 4 is 39.4 Å². The van der Waals surface area contributed by atoms with E-state index in [1.54, 1.807) is 7.11 Å². The van der Waals surface area contributed by atoms with E-state index in [0.717, 1.165) is 33.5 Å². The molecule has 5 rings (SSSR count). The number of thioether (sulfide) groups is 1. The van der Waals surface area contributed by atoms with Crippen molar-refractivity contribution in [2.75, 3.05) is 12.9 Å². The molecule has 162 valence electrons. The van der Waals surface area contributed by atoms with Gasteiger partial charge in [0.25, 0.3) is 0 Å². The van der Waals surface area contributed by atoms with Gasteiger partial charge in [-0.2, -0.15) is 5.26 Å². The lowest BCUT2D eigenvalue weighted by Gasteiger charge is -2.10. The van der Waals surface area contributed by atoms with Crippen LogP contribution in [0.25, 0.3) is 33.3 Å². The fourth-order valence-electron chi connectivity index (χ4n) is 3.61. The maximum atomic E-state index is 10.8. The number of para-hydroxylation sites is 4. The van der Waals surface area contributed by atoms with Gasteiger partial charge in [-0.15, -0.1) is 0 Å². The molecule has 3 aromatic carbocycles. The highest BCUT2D eigenvalue weighted by Crippen LogP contribution is 2.30. The molecule has 0 fully saturated rings. The first-order valence-electron chi connectivity index (χ1n) is 10.2. The maximum Gasteiger partial charge on any atom is 0.174 e. The first-order chi connectivity index (χ1) is 16.2. The highest BCUT2D eigenvalue weighted by atomic mass is 32.2. The quantitative estimate of drug-likeness (QED) is 0.200. The summed E-state index contributed by atoms with van der Waals surface area (Å²) < 4.78 is 7.30. The fourth-order valence-corrected chi connectivity index (χ4v) is 4.52. The van der Waals surface area contributed by atoms with Crippen molar-refractivity contribution in [2.24, 2.45) is 0 Å². The lowest BCUT2D eigenvalue weighted by molar-refractivity contribution is 0.414. The molecule has 0 unspecified atom stereocenters. The molecular formula is C25H19N5O2S. The van der Waals surface area contributed by atoms with E-state index < -0.39 is 0 Å². The van der Waals surface area contributed by atoms with Crippen molar-refractivity contribution in [1.82, 2.24) is 19.5 Å². The number of hydrogen-bond acceptors (Lipinski definition) is 6. The molecule has 0 radical (unpaired) electrons. The second kappa shape index (κ2) is 8.73. The molecule has 33 heavy (non-hydrogen) atoms. The Hall–Kier alpha value is -4.22. The number of imidazole rings is 2. The van der Waals surface area contributed by atoms with Gasteiger partial charge in [-0.05, 0) is 48.5 Å². The van der Waals surface area contributed by atoms with E-state index in [0.29, 0.717) is 11.0 Å². The molecule has 0 aliphatic carbocycles. The van der Waals surface area contributed by atoms with Gasteiger partial charge in [0.1, 0.15) is 23.2 Å². The van der Waals surface area contributed by atoms with Crippen molar-refractivity contribution in [2.45, 2.75) is 5.16 Å². The number of aromatic amines is 1. The molecule has 0 saturated carbocycles. The van der Waals surface area contributed by atoms with Crippen molar-refractivity contribution in [3.63, 3.8) is 0 Å². The summed E-state index contributed by atoms with van der Waals surface area (Å²) in [5, 5.41) is 21.2. The van der Waals surface area contributed by atoms with Gasteiger partial charge in [-0.1, -0.05) is 36.0 Å². The van der Waals surface area contributed by atoms with Crippen LogP contribution >= 0.6 is 11.8 Å². The number of H-pyrrole nitrogens is 1. The Morgan fingerprint density at radius 1 is 1.03 bits per heavy atom. The number of aromatic nitrogens is 4. The van der Waals surface area contributed by atoms with E-state index >= 15 is 0 Å². The minimum atomic E-state index is -0.0603. The molecule has 7 nitrogen and oxygen atoms in total. The first-order valence-corrected chi connectivity index (χ1v) is 11.2. The van der Waals surface area contributed by atoms with Crippen LogP contribution in [-0.4, -0.2) is 37.5 Å². The molecule has 0 aliphatic rings. The van der Waals surface area contributed by atoms with E-state index in [9.17, 15) is 10.4 Å². The van der Waals surface area contributed by atoms with Crippen LogP contribution in [0.1, 0.15) is 5.82 Å². The minimum Gasteiger partial charge on any atom is -0.510 e. The molecule has 0 spiro atoms. The largest absolute Gasteiger partial charge is 0.510 e. The predicted molar refractivity (Wildman–Crippen MR) is 130 cm³/mol. The topological polar surface area (TPSA) is 99.7 Å². The van der Waals surface area contributed by atoms with Crippen LogP contribution in [0.5, 0.6) is 5.75 Å². The predicted octanol–water partition coefficient (Wildman–Crippen LogP) is 5.50. The van der Waals surface area contributed by atoms with E-state index in [2.05, 4.69) is 16.0 Å². The van der Waals surface area contributed by atoms with Gasteiger partial charge < -0.3 is 14.8 Å². The zero-order valence-corrected chi connectivity index (χ0v) is 18.5. The van der Waals surface area contributed by atoms with Gasteiger partial charge in [-0.3, -0.25) is 4.57 Å². The number of methoxy groups -OCH3 is 1. The third-order valence-electron chi connectivity index (χ3n) is 5.23. The van der Waals surface area contributed by atoms with Crippen LogP contribution in [0.2, 0.25) is 0 Å². The van der Waals surface area contributed by atoms with Crippen LogP contribution < -0.4 is 4.74 Å². The molecule has 8 heteroatoms. The Kier molecular flexibility index (Phi) is 5.47. The lowest BCUT2D eigenvalue weighted by Crippen LogP contribution is -1.99. The number of benzene rings is 3. The SMILES string of the molecule is COc1ccc(-n2c(SCC(O)=C(C#N)c3nc4ccccc4[nH]3)nc3ccccc32)cc1. The summed E-state index contributed by atoms with van der Waals surface area (Å²) in [6.45, 7) is 0. The molecule has 0 amide bonds. The molecule has 2 aromatic heterocycles. The van der Waals surface area contributed by atoms with Gasteiger partial charge in [0.2, 0.25) is 0 Å². The third-order valence-corrected chi connectivity index (χ3v) is 6.18. The summed E-state index contributed by atoms with van der Waals surface area (Å²) in [4.78, 5) is 12.3. The van der Waals surface area contributed by atoms with Gasteiger partial charge in [0.15, 0.2) is 11.0 Å². The maximum absolute atomic E-state index is 10.8. The van der Waals surface area contributed by atoms with Gasteiger partial charge in [0.05, 0.1) is 34.9 Å². The number of hydrogen-bond donors (Lipinski definition) is 2. The summed E-state index contributed by atoms with van der Waals surface area (Å²) in [5.74, 6) is 1.22. The number of rotatable bonds is 6. The molecule has 2 N–H and O–H groups in total. The fraction of sp³-hybridized carbons (Fsp3) is 0.0800. The van der Waals surface area contributed by atoms with E-state index in [-0.39, 0.29) is 17.1 Å². The first kappa shape index (κ1) is 20.7. The third kappa shape index (κ3) is 3.90. The Morgan fingerprint density at radius 3 is 2.48 bits per heavy atom. The summed E-state index contributed by atoms with van der Waals surface area (Å²) >= 11 is 1.35. The highest BCUT2D eigenvalue weighted by molar-refractivity contribution is 7.99. The number of nitrogens with one attached hydrogen (secondary N) is 1. The standard InChI is InChI=1S/C25H19N5O2S/c1-32-17-12-10-16(11-13-17)30-22-9-5-4-8-21(22)29-25(30)33-15-23(31)18(14-26)24-27-19-6-2-3-7-20(19)28-24/h2-13,31H,15H2,1H3,(H,27,28). The molecule has 0 aliphatic heterocycles. The number of fused-ring (bicyclic) bond motifs is 2. The van der Waals surface area contributed by atoms with E-state index in [1.165, 1.54) is 11.8 Å². The second-order valence-corrected chi connectivity index (χ2v) is 8.18. The Balaban J connectivity index is 1.50. The van der Waals surface area contributed by atoms with Crippen molar-refractivity contribution < 1.29 is 9.84 Å². The normalized spacial score (nSPS) is 12.0. The van der Waals surface area contributed by atoms with E-state index in [1.807, 2.05) is 77.4 Å². The molecule has 0 saturated heterocycles. The van der Waals surface area contributed by atoms with Crippen molar-refractivity contribution in [1.29, 1.82) is 5.26 Å². The summed E-state index contributed by atoms with van der Waals surface area (Å²) in [6.07, 6.45) is 0. The van der Waals surface area contributed by atoms with Gasteiger partial charge >= 0.3 is 0 Å². The van der Waals surface area contributed by atoms with E-state index in [4.69, 9.17) is 9.72 Å². The Morgan fingerprint density at radius 2 is 1.76 bits per heavy atom. The summed E-state index contributed by atoms with van der Waals surface area (Å²) in [7, 11) is 1.63. The monoisotopic (exact) mass is 453 g/mol. The Labute approximate surface area is 194 Å². The molecule has 5 aromatic rings. The average Bonchev–Trinajstić information content (AvgIpc) is 3.44. The van der Waals surface area contributed by atoms with Crippen LogP contribution in [0, 0.1) is 11.3 Å². The second-order valence-electron chi connectivity index (χ2n) is 7.24. The lowest BCUT2D eigenvalue weighted by atomic mass is 10.2. The van der Waals surface area contributed by atoms with Crippen LogP contribution in [0.4, 0.5) is 0 Å². The number of nitrogens with zero attached hydrogens (tertiary/aromatic N) is 4. The van der Waals surface area contributed by atoms with Gasteiger partial charge in [-0.25, -0.2) is 9.97 Å². The molecule has 2 heterocycles. The van der Waals surface area contributed by atoms with Crippen molar-refractivity contribution in [3.05, 3.63) is 84.4 Å². The highest BCUT2D eigenvalue weighted by Gasteiger charge is 2.17. The van der Waals surface area contributed by atoms with Crippen LogP contribution in [0.15, 0.2) is 83.7 Å². The van der Waals surface area contributed by atoms with Crippen LogP contribution in [0.3, 0.4) is 0 Å². The molecule has 0 atom stereocenters. The van der Waals surface area contributed by atoms with Crippen LogP contribution in [-0.2, 0) is 0 Å².